The Morgan fingerprint density at radius 2 is 1.89 bits per heavy atom. The van der Waals surface area contributed by atoms with Gasteiger partial charge in [0.05, 0.1) is 18.5 Å². The van der Waals surface area contributed by atoms with Crippen molar-refractivity contribution in [2.45, 2.75) is 62.9 Å². The van der Waals surface area contributed by atoms with Gasteiger partial charge in [-0.05, 0) is 43.9 Å². The number of nitrogens with two attached hydrogens (primary N) is 1. The van der Waals surface area contributed by atoms with Gasteiger partial charge in [-0.25, -0.2) is 9.78 Å². The van der Waals surface area contributed by atoms with Crippen molar-refractivity contribution in [3.63, 3.8) is 0 Å². The van der Waals surface area contributed by atoms with E-state index in [4.69, 9.17) is 5.73 Å². The summed E-state index contributed by atoms with van der Waals surface area (Å²) in [5.74, 6) is -3.13. The first-order valence-corrected chi connectivity index (χ1v) is 11.9. The van der Waals surface area contributed by atoms with Gasteiger partial charge in [0.1, 0.15) is 17.8 Å². The summed E-state index contributed by atoms with van der Waals surface area (Å²) in [5, 5.41) is 33.3. The molecule has 1 aromatic heterocycles. The molecule has 0 radical (unpaired) electrons. The number of nitrogens with zero attached hydrogens (tertiary/aromatic N) is 2. The van der Waals surface area contributed by atoms with Crippen LogP contribution >= 0.6 is 0 Å². The first-order chi connectivity index (χ1) is 17.6. The lowest BCUT2D eigenvalue weighted by Crippen LogP contribution is -2.58. The molecule has 0 aliphatic carbocycles. The maximum absolute atomic E-state index is 13.2. The van der Waals surface area contributed by atoms with Crippen molar-refractivity contribution in [1.29, 1.82) is 0 Å². The standard InChI is InChI=1S/C24H32N6O7/c1-13(31)20(24(36)37)29-21(33)18(10-15-11-26-12-27-15)28-22(34)19-3-2-8-30(19)23(35)17(25)9-14-4-6-16(32)7-5-14/h4-7,11-13,17-20,31-32H,2-3,8-10,25H2,1H3,(H,26,27)(H,28,34)(H,29,33)(H,36,37). The summed E-state index contributed by atoms with van der Waals surface area (Å²) in [6, 6.07) is 1.77. The molecule has 200 valence electrons. The van der Waals surface area contributed by atoms with Crippen molar-refractivity contribution in [2.75, 3.05) is 6.54 Å². The molecule has 37 heavy (non-hydrogen) atoms. The van der Waals surface area contributed by atoms with Crippen LogP contribution < -0.4 is 16.4 Å². The van der Waals surface area contributed by atoms with E-state index >= 15 is 0 Å². The van der Waals surface area contributed by atoms with Crippen molar-refractivity contribution in [2.24, 2.45) is 5.73 Å². The number of aromatic nitrogens is 2. The minimum absolute atomic E-state index is 0.0231. The van der Waals surface area contributed by atoms with E-state index in [1.807, 2.05) is 0 Å². The van der Waals surface area contributed by atoms with Gasteiger partial charge in [0.2, 0.25) is 17.7 Å². The SMILES string of the molecule is CC(O)C(NC(=O)C(Cc1cnc[nH]1)NC(=O)C1CCCN1C(=O)C(N)Cc1ccc(O)cc1)C(=O)O. The second-order valence-electron chi connectivity index (χ2n) is 9.07. The Morgan fingerprint density at radius 3 is 2.49 bits per heavy atom. The first-order valence-electron chi connectivity index (χ1n) is 11.9. The molecule has 2 aromatic rings. The average Bonchev–Trinajstić information content (AvgIpc) is 3.54. The molecule has 1 aliphatic heterocycles. The number of aliphatic hydroxyl groups excluding tert-OH is 1. The zero-order valence-electron chi connectivity index (χ0n) is 20.3. The summed E-state index contributed by atoms with van der Waals surface area (Å²) < 4.78 is 0. The predicted molar refractivity (Wildman–Crippen MR) is 130 cm³/mol. The molecule has 8 N–H and O–H groups in total. The fourth-order valence-electron chi connectivity index (χ4n) is 4.23. The van der Waals surface area contributed by atoms with Crippen molar-refractivity contribution in [3.8, 4) is 5.75 Å². The average molecular weight is 517 g/mol. The largest absolute Gasteiger partial charge is 0.508 e. The number of aliphatic hydroxyl groups is 1. The number of nitrogens with one attached hydrogen (secondary N) is 3. The van der Waals surface area contributed by atoms with Crippen LogP contribution in [0, 0.1) is 0 Å². The second-order valence-corrected chi connectivity index (χ2v) is 9.07. The van der Waals surface area contributed by atoms with E-state index in [1.165, 1.54) is 36.5 Å². The number of rotatable bonds is 11. The van der Waals surface area contributed by atoms with Crippen molar-refractivity contribution < 1.29 is 34.5 Å². The minimum Gasteiger partial charge on any atom is -0.508 e. The van der Waals surface area contributed by atoms with Crippen LogP contribution in [0.2, 0.25) is 0 Å². The molecule has 3 amide bonds. The van der Waals surface area contributed by atoms with Crippen LogP contribution in [0.3, 0.4) is 0 Å². The number of aromatic amines is 1. The summed E-state index contributed by atoms with van der Waals surface area (Å²) in [6.07, 6.45) is 2.61. The van der Waals surface area contributed by atoms with Gasteiger partial charge >= 0.3 is 5.97 Å². The number of hydrogen-bond acceptors (Lipinski definition) is 8. The molecule has 3 rings (SSSR count). The highest BCUT2D eigenvalue weighted by molar-refractivity contribution is 5.94. The number of phenolic OH excluding ortho intramolecular Hbond substituents is 1. The minimum atomic E-state index is -1.57. The van der Waals surface area contributed by atoms with Gasteiger partial charge in [-0.1, -0.05) is 12.1 Å². The highest BCUT2D eigenvalue weighted by Gasteiger charge is 2.38. The number of phenols is 1. The summed E-state index contributed by atoms with van der Waals surface area (Å²) >= 11 is 0. The molecule has 13 heteroatoms. The van der Waals surface area contributed by atoms with Crippen molar-refractivity contribution in [3.05, 3.63) is 48.0 Å². The number of aromatic hydroxyl groups is 1. The zero-order valence-corrected chi connectivity index (χ0v) is 20.3. The number of likely N-dealkylation sites (tertiary alicyclic amines) is 1. The van der Waals surface area contributed by atoms with E-state index in [0.29, 0.717) is 25.1 Å². The Balaban J connectivity index is 1.70. The smallest absolute Gasteiger partial charge is 0.328 e. The Morgan fingerprint density at radius 1 is 1.19 bits per heavy atom. The highest BCUT2D eigenvalue weighted by Crippen LogP contribution is 2.20. The second kappa shape index (κ2) is 12.3. The van der Waals surface area contributed by atoms with Crippen LogP contribution in [0.5, 0.6) is 5.75 Å². The maximum Gasteiger partial charge on any atom is 0.328 e. The highest BCUT2D eigenvalue weighted by atomic mass is 16.4. The Labute approximate surface area is 213 Å². The monoisotopic (exact) mass is 516 g/mol. The summed E-state index contributed by atoms with van der Waals surface area (Å²) in [6.45, 7) is 1.55. The maximum atomic E-state index is 13.2. The van der Waals surface area contributed by atoms with Crippen LogP contribution in [-0.4, -0.2) is 90.7 Å². The zero-order chi connectivity index (χ0) is 27.1. The number of benzene rings is 1. The first kappa shape index (κ1) is 27.6. The van der Waals surface area contributed by atoms with Gasteiger partial charge in [0.25, 0.3) is 0 Å². The van der Waals surface area contributed by atoms with Crippen LogP contribution in [-0.2, 0) is 32.0 Å². The van der Waals surface area contributed by atoms with E-state index in [9.17, 15) is 34.5 Å². The fraction of sp³-hybridized carbons (Fsp3) is 0.458. The lowest BCUT2D eigenvalue weighted by atomic mass is 10.0. The molecule has 5 unspecified atom stereocenters. The quantitative estimate of drug-likeness (QED) is 0.188. The lowest BCUT2D eigenvalue weighted by Gasteiger charge is -2.29. The number of carbonyl (C=O) groups excluding carboxylic acids is 3. The van der Waals surface area contributed by atoms with Gasteiger partial charge in [-0.2, -0.15) is 0 Å². The van der Waals surface area contributed by atoms with Crippen molar-refractivity contribution >= 4 is 23.7 Å². The summed E-state index contributed by atoms with van der Waals surface area (Å²) in [7, 11) is 0. The van der Waals surface area contributed by atoms with E-state index in [0.717, 1.165) is 5.56 Å². The molecule has 5 atom stereocenters. The number of hydrogen-bond donors (Lipinski definition) is 7. The molecule has 0 spiro atoms. The Bertz CT molecular complexity index is 1090. The van der Waals surface area contributed by atoms with Gasteiger partial charge in [-0.15, -0.1) is 0 Å². The number of carbonyl (C=O) groups is 4. The number of aliphatic carboxylic acids is 1. The van der Waals surface area contributed by atoms with E-state index in [2.05, 4.69) is 20.6 Å². The van der Waals surface area contributed by atoms with Crippen LogP contribution in [0.15, 0.2) is 36.8 Å². The molecule has 1 saturated heterocycles. The van der Waals surface area contributed by atoms with E-state index < -0.39 is 54.0 Å². The number of imidazole rings is 1. The molecule has 0 bridgehead atoms. The normalized spacial score (nSPS) is 18.5. The molecule has 2 heterocycles. The van der Waals surface area contributed by atoms with Crippen molar-refractivity contribution in [1.82, 2.24) is 25.5 Å². The van der Waals surface area contributed by atoms with Crippen LogP contribution in [0.25, 0.3) is 0 Å². The molecule has 13 nitrogen and oxygen atoms in total. The van der Waals surface area contributed by atoms with E-state index in [1.54, 1.807) is 12.1 Å². The van der Waals surface area contributed by atoms with Gasteiger partial charge < -0.3 is 41.6 Å². The van der Waals surface area contributed by atoms with Crippen LogP contribution in [0.4, 0.5) is 0 Å². The molecular formula is C24H32N6O7. The number of amides is 3. The van der Waals surface area contributed by atoms with Crippen LogP contribution in [0.1, 0.15) is 31.0 Å². The third-order valence-electron chi connectivity index (χ3n) is 6.21. The van der Waals surface area contributed by atoms with E-state index in [-0.39, 0.29) is 18.6 Å². The number of carboxylic acid groups (broad SMARTS) is 1. The molecule has 0 saturated carbocycles. The van der Waals surface area contributed by atoms with Gasteiger partial charge in [0.15, 0.2) is 6.04 Å². The third kappa shape index (κ3) is 7.27. The molecule has 1 aromatic carbocycles. The Hall–Kier alpha value is -3.97. The molecular weight excluding hydrogens is 484 g/mol. The molecule has 1 aliphatic rings. The summed E-state index contributed by atoms with van der Waals surface area (Å²) in [4.78, 5) is 58.8. The number of H-pyrrole nitrogens is 1. The van der Waals surface area contributed by atoms with Gasteiger partial charge in [-0.3, -0.25) is 14.4 Å². The Kier molecular flexibility index (Phi) is 9.20. The number of carboxylic acids is 1. The lowest BCUT2D eigenvalue weighted by molar-refractivity contribution is -0.145. The molecule has 1 fully saturated rings. The summed E-state index contributed by atoms with van der Waals surface area (Å²) in [5.41, 5.74) is 7.41. The predicted octanol–water partition coefficient (Wildman–Crippen LogP) is -1.35. The fourth-order valence-corrected chi connectivity index (χ4v) is 4.23. The topological polar surface area (TPSA) is 211 Å². The van der Waals surface area contributed by atoms with Gasteiger partial charge in [0, 0.05) is 24.9 Å². The third-order valence-corrected chi connectivity index (χ3v) is 6.21.